The van der Waals surface area contributed by atoms with Crippen molar-refractivity contribution in [3.05, 3.63) is 11.8 Å². The number of aliphatic imine (C=N–C) groups is 1. The van der Waals surface area contributed by atoms with Crippen molar-refractivity contribution >= 4 is 12.2 Å². The van der Waals surface area contributed by atoms with E-state index in [4.69, 9.17) is 5.26 Å². The molecule has 0 amide bonds. The standard InChI is InChI=1S/C8H12N6/c1-3-14-8(11-6-12-10-2)7(4-9)5-13-14/h5-6,10H,3H2,1-2H3,(H,11,12). The molecule has 0 atom stereocenters. The van der Waals surface area contributed by atoms with E-state index in [0.717, 1.165) is 0 Å². The van der Waals surface area contributed by atoms with E-state index >= 15 is 0 Å². The van der Waals surface area contributed by atoms with Crippen molar-refractivity contribution in [1.82, 2.24) is 20.6 Å². The second-order valence-corrected chi connectivity index (χ2v) is 2.46. The first-order valence-corrected chi connectivity index (χ1v) is 4.24. The number of aryl methyl sites for hydroxylation is 1. The van der Waals surface area contributed by atoms with Gasteiger partial charge in [0.1, 0.15) is 18.0 Å². The van der Waals surface area contributed by atoms with E-state index in [-0.39, 0.29) is 0 Å². The number of nitrogens with one attached hydrogen (secondary N) is 2. The van der Waals surface area contributed by atoms with Crippen molar-refractivity contribution in [3.63, 3.8) is 0 Å². The Kier molecular flexibility index (Phi) is 3.64. The summed E-state index contributed by atoms with van der Waals surface area (Å²) >= 11 is 0. The van der Waals surface area contributed by atoms with Gasteiger partial charge in [-0.1, -0.05) is 0 Å². The Hall–Kier alpha value is -1.87. The van der Waals surface area contributed by atoms with Gasteiger partial charge >= 0.3 is 0 Å². The molecule has 1 rings (SSSR count). The van der Waals surface area contributed by atoms with Crippen molar-refractivity contribution < 1.29 is 0 Å². The molecule has 0 aliphatic rings. The Bertz CT molecular complexity index is 358. The molecule has 0 saturated carbocycles. The van der Waals surface area contributed by atoms with Gasteiger partial charge in [-0.05, 0) is 6.92 Å². The summed E-state index contributed by atoms with van der Waals surface area (Å²) in [7, 11) is 1.73. The van der Waals surface area contributed by atoms with E-state index in [9.17, 15) is 0 Å². The van der Waals surface area contributed by atoms with Crippen LogP contribution in [0.4, 0.5) is 5.82 Å². The monoisotopic (exact) mass is 192 g/mol. The fraction of sp³-hybridized carbons (Fsp3) is 0.375. The first kappa shape index (κ1) is 10.2. The van der Waals surface area contributed by atoms with Gasteiger partial charge < -0.3 is 5.43 Å². The zero-order chi connectivity index (χ0) is 10.4. The summed E-state index contributed by atoms with van der Waals surface area (Å²) < 4.78 is 1.66. The lowest BCUT2D eigenvalue weighted by molar-refractivity contribution is 0.663. The van der Waals surface area contributed by atoms with Gasteiger partial charge in [-0.2, -0.15) is 10.4 Å². The molecule has 6 heteroatoms. The average Bonchev–Trinajstić information content (AvgIpc) is 2.60. The number of nitriles is 1. The highest BCUT2D eigenvalue weighted by Gasteiger charge is 2.06. The smallest absolute Gasteiger partial charge is 0.170 e. The normalized spacial score (nSPS) is 10.4. The molecule has 6 nitrogen and oxygen atoms in total. The van der Waals surface area contributed by atoms with Crippen molar-refractivity contribution in [3.8, 4) is 6.07 Å². The third-order valence-corrected chi connectivity index (χ3v) is 1.63. The largest absolute Gasteiger partial charge is 0.312 e. The first-order chi connectivity index (χ1) is 6.83. The van der Waals surface area contributed by atoms with E-state index in [1.165, 1.54) is 12.5 Å². The van der Waals surface area contributed by atoms with Crippen molar-refractivity contribution in [1.29, 1.82) is 5.26 Å². The molecule has 0 radical (unpaired) electrons. The average molecular weight is 192 g/mol. The molecule has 1 aromatic heterocycles. The molecule has 0 aliphatic heterocycles. The quantitative estimate of drug-likeness (QED) is 0.404. The summed E-state index contributed by atoms with van der Waals surface area (Å²) in [6, 6.07) is 2.03. The van der Waals surface area contributed by atoms with Crippen LogP contribution in [-0.2, 0) is 6.54 Å². The summed E-state index contributed by atoms with van der Waals surface area (Å²) in [4.78, 5) is 4.08. The minimum Gasteiger partial charge on any atom is -0.312 e. The molecule has 0 unspecified atom stereocenters. The summed E-state index contributed by atoms with van der Waals surface area (Å²) in [5, 5.41) is 12.8. The molecule has 74 valence electrons. The van der Waals surface area contributed by atoms with Gasteiger partial charge in [0, 0.05) is 13.6 Å². The number of nitrogens with zero attached hydrogens (tertiary/aromatic N) is 4. The summed E-state index contributed by atoms with van der Waals surface area (Å²) in [6.45, 7) is 2.63. The summed E-state index contributed by atoms with van der Waals surface area (Å²) in [6.07, 6.45) is 2.99. The first-order valence-electron chi connectivity index (χ1n) is 4.24. The lowest BCUT2D eigenvalue weighted by Crippen LogP contribution is -2.25. The predicted molar refractivity (Wildman–Crippen MR) is 53.0 cm³/mol. The number of rotatable bonds is 4. The molecule has 14 heavy (non-hydrogen) atoms. The van der Waals surface area contributed by atoms with E-state index in [2.05, 4.69) is 20.9 Å². The molecule has 0 aliphatic carbocycles. The molecular weight excluding hydrogens is 180 g/mol. The summed E-state index contributed by atoms with van der Waals surface area (Å²) in [5.74, 6) is 0.567. The highest BCUT2D eigenvalue weighted by atomic mass is 15.4. The number of aromatic nitrogens is 2. The van der Waals surface area contributed by atoms with Gasteiger partial charge in [0.05, 0.1) is 6.20 Å². The third kappa shape index (κ3) is 2.08. The Morgan fingerprint density at radius 3 is 3.14 bits per heavy atom. The fourth-order valence-corrected chi connectivity index (χ4v) is 0.983. The van der Waals surface area contributed by atoms with Crippen LogP contribution in [0, 0.1) is 11.3 Å². The molecule has 0 bridgehead atoms. The Labute approximate surface area is 82.2 Å². The lowest BCUT2D eigenvalue weighted by atomic mass is 10.4. The van der Waals surface area contributed by atoms with Crippen LogP contribution >= 0.6 is 0 Å². The van der Waals surface area contributed by atoms with Gasteiger partial charge in [0.25, 0.3) is 0 Å². The SMILES string of the molecule is CCn1ncc(C#N)c1/N=C/NNC. The number of hydrazine groups is 1. The van der Waals surface area contributed by atoms with Crippen molar-refractivity contribution in [2.45, 2.75) is 13.5 Å². The maximum atomic E-state index is 8.77. The summed E-state index contributed by atoms with van der Waals surface area (Å²) in [5.41, 5.74) is 5.86. The van der Waals surface area contributed by atoms with Crippen LogP contribution in [0.3, 0.4) is 0 Å². The van der Waals surface area contributed by atoms with E-state index in [1.807, 2.05) is 13.0 Å². The highest BCUT2D eigenvalue weighted by molar-refractivity contribution is 5.62. The second-order valence-electron chi connectivity index (χ2n) is 2.46. The molecule has 1 aromatic rings. The zero-order valence-corrected chi connectivity index (χ0v) is 8.15. The number of hydrogen-bond acceptors (Lipinski definition) is 4. The van der Waals surface area contributed by atoms with Crippen LogP contribution in [0.5, 0.6) is 0 Å². The van der Waals surface area contributed by atoms with Crippen LogP contribution in [0.1, 0.15) is 12.5 Å². The Balaban J connectivity index is 2.92. The highest BCUT2D eigenvalue weighted by Crippen LogP contribution is 2.16. The van der Waals surface area contributed by atoms with Crippen LogP contribution in [0.2, 0.25) is 0 Å². The topological polar surface area (TPSA) is 78.0 Å². The van der Waals surface area contributed by atoms with E-state index in [0.29, 0.717) is 17.9 Å². The third-order valence-electron chi connectivity index (χ3n) is 1.63. The second kappa shape index (κ2) is 4.99. The zero-order valence-electron chi connectivity index (χ0n) is 8.15. The fourth-order valence-electron chi connectivity index (χ4n) is 0.983. The van der Waals surface area contributed by atoms with Gasteiger partial charge in [-0.25, -0.2) is 15.1 Å². The van der Waals surface area contributed by atoms with Gasteiger partial charge in [-0.15, -0.1) is 0 Å². The molecule has 0 saturated heterocycles. The van der Waals surface area contributed by atoms with Crippen molar-refractivity contribution in [2.24, 2.45) is 4.99 Å². The van der Waals surface area contributed by atoms with Gasteiger partial charge in [-0.3, -0.25) is 0 Å². The van der Waals surface area contributed by atoms with Gasteiger partial charge in [0.15, 0.2) is 5.82 Å². The number of hydrogen-bond donors (Lipinski definition) is 2. The molecular formula is C8H12N6. The van der Waals surface area contributed by atoms with Crippen LogP contribution in [0.15, 0.2) is 11.2 Å². The Morgan fingerprint density at radius 2 is 2.57 bits per heavy atom. The van der Waals surface area contributed by atoms with Crippen molar-refractivity contribution in [2.75, 3.05) is 7.05 Å². The minimum absolute atomic E-state index is 0.473. The molecule has 1 heterocycles. The van der Waals surface area contributed by atoms with Crippen LogP contribution in [0.25, 0.3) is 0 Å². The van der Waals surface area contributed by atoms with Gasteiger partial charge in [0.2, 0.25) is 0 Å². The van der Waals surface area contributed by atoms with Crippen LogP contribution < -0.4 is 10.9 Å². The lowest BCUT2D eigenvalue weighted by Gasteiger charge is -1.99. The molecule has 0 fully saturated rings. The van der Waals surface area contributed by atoms with Crippen LogP contribution in [-0.4, -0.2) is 23.2 Å². The maximum absolute atomic E-state index is 8.77. The maximum Gasteiger partial charge on any atom is 0.170 e. The molecule has 0 spiro atoms. The van der Waals surface area contributed by atoms with E-state index < -0.39 is 0 Å². The van der Waals surface area contributed by atoms with E-state index in [1.54, 1.807) is 11.7 Å². The minimum atomic E-state index is 0.473. The Morgan fingerprint density at radius 1 is 1.79 bits per heavy atom. The predicted octanol–water partition coefficient (Wildman–Crippen LogP) is 0.158. The molecule has 0 aromatic carbocycles. The molecule has 2 N–H and O–H groups in total.